The number of hydrogen-bond acceptors (Lipinski definition) is 1. The molecule has 1 N–H and O–H groups in total. The third kappa shape index (κ3) is 21.1. The van der Waals surface area contributed by atoms with Crippen LogP contribution in [-0.4, -0.2) is 29.2 Å². The molecule has 192 valence electrons. The first-order valence-electron chi connectivity index (χ1n) is 14.6. The van der Waals surface area contributed by atoms with Crippen molar-refractivity contribution in [3.63, 3.8) is 0 Å². The molecule has 32 heavy (non-hydrogen) atoms. The highest BCUT2D eigenvalue weighted by Gasteiger charge is 2.18. The summed E-state index contributed by atoms with van der Waals surface area (Å²) in [6.45, 7) is 4.54. The van der Waals surface area contributed by atoms with Crippen molar-refractivity contribution in [3.05, 3.63) is 0 Å². The molecule has 0 saturated carbocycles. The highest BCUT2D eigenvalue weighted by molar-refractivity contribution is 5.64. The Morgan fingerprint density at radius 2 is 0.781 bits per heavy atom. The van der Waals surface area contributed by atoms with Crippen LogP contribution in [0.25, 0.3) is 0 Å². The lowest BCUT2D eigenvalue weighted by Gasteiger charge is -2.26. The summed E-state index contributed by atoms with van der Waals surface area (Å²) in [5, 5.41) is 9.40. The Hall–Kier alpha value is -0.730. The second-order valence-corrected chi connectivity index (χ2v) is 10.2. The van der Waals surface area contributed by atoms with Gasteiger partial charge in [0.15, 0.2) is 0 Å². The fourth-order valence-electron chi connectivity index (χ4n) is 4.78. The molecule has 0 saturated heterocycles. The van der Waals surface area contributed by atoms with Gasteiger partial charge < -0.3 is 10.0 Å². The van der Waals surface area contributed by atoms with E-state index in [0.29, 0.717) is 0 Å². The van der Waals surface area contributed by atoms with Crippen molar-refractivity contribution in [2.45, 2.75) is 174 Å². The molecule has 0 radical (unpaired) electrons. The molecular formula is C29H59NO2. The highest BCUT2D eigenvalue weighted by Crippen LogP contribution is 2.19. The first-order valence-corrected chi connectivity index (χ1v) is 14.6. The van der Waals surface area contributed by atoms with Crippen LogP contribution in [-0.2, 0) is 0 Å². The van der Waals surface area contributed by atoms with E-state index in [2.05, 4.69) is 13.8 Å². The van der Waals surface area contributed by atoms with Crippen molar-refractivity contribution < 1.29 is 9.90 Å². The molecule has 0 aromatic heterocycles. The molecule has 0 bridgehead atoms. The van der Waals surface area contributed by atoms with Gasteiger partial charge in [-0.2, -0.15) is 0 Å². The molecule has 0 fully saturated rings. The van der Waals surface area contributed by atoms with Crippen molar-refractivity contribution in [1.82, 2.24) is 4.90 Å². The Labute approximate surface area is 202 Å². The van der Waals surface area contributed by atoms with E-state index in [1.54, 1.807) is 11.9 Å². The van der Waals surface area contributed by atoms with E-state index in [1.807, 2.05) is 0 Å². The maximum atomic E-state index is 11.4. The predicted octanol–water partition coefficient (Wildman–Crippen LogP) is 10.4. The van der Waals surface area contributed by atoms with Crippen LogP contribution in [0, 0.1) is 0 Å². The van der Waals surface area contributed by atoms with Gasteiger partial charge in [-0.1, -0.05) is 155 Å². The number of hydrogen-bond donors (Lipinski definition) is 1. The van der Waals surface area contributed by atoms with Crippen molar-refractivity contribution in [1.29, 1.82) is 0 Å². The number of unbranched alkanes of at least 4 members (excludes halogenated alkanes) is 20. The van der Waals surface area contributed by atoms with E-state index >= 15 is 0 Å². The van der Waals surface area contributed by atoms with Crippen LogP contribution in [0.3, 0.4) is 0 Å². The third-order valence-electron chi connectivity index (χ3n) is 7.13. The van der Waals surface area contributed by atoms with E-state index in [1.165, 1.54) is 141 Å². The third-order valence-corrected chi connectivity index (χ3v) is 7.13. The van der Waals surface area contributed by atoms with Gasteiger partial charge in [-0.15, -0.1) is 0 Å². The van der Waals surface area contributed by atoms with Crippen LogP contribution in [0.5, 0.6) is 0 Å². The maximum absolute atomic E-state index is 11.4. The summed E-state index contributed by atoms with van der Waals surface area (Å²) >= 11 is 0. The topological polar surface area (TPSA) is 40.5 Å². The Morgan fingerprint density at radius 1 is 0.531 bits per heavy atom. The second-order valence-electron chi connectivity index (χ2n) is 10.2. The normalized spacial score (nSPS) is 12.2. The molecule has 3 nitrogen and oxygen atoms in total. The number of carboxylic acid groups (broad SMARTS) is 1. The number of nitrogens with zero attached hydrogens (tertiary/aromatic N) is 1. The zero-order chi connectivity index (χ0) is 23.7. The monoisotopic (exact) mass is 453 g/mol. The molecule has 0 heterocycles. The lowest BCUT2D eigenvalue weighted by atomic mass is 9.99. The Kier molecular flexibility index (Phi) is 24.3. The molecule has 0 aliphatic heterocycles. The van der Waals surface area contributed by atoms with Crippen molar-refractivity contribution >= 4 is 6.09 Å². The minimum absolute atomic E-state index is 0.213. The van der Waals surface area contributed by atoms with Gasteiger partial charge in [0.1, 0.15) is 0 Å². The molecule has 3 heteroatoms. The van der Waals surface area contributed by atoms with E-state index in [4.69, 9.17) is 0 Å². The lowest BCUT2D eigenvalue weighted by Crippen LogP contribution is -2.36. The SMILES string of the molecule is CCCCCCCCCCCCCCCCCC(CCCCCCCCC)N(C)C(=O)O. The summed E-state index contributed by atoms with van der Waals surface area (Å²) in [5.74, 6) is 0. The first kappa shape index (κ1) is 31.3. The average molecular weight is 454 g/mol. The van der Waals surface area contributed by atoms with Gasteiger partial charge in [-0.3, -0.25) is 0 Å². The van der Waals surface area contributed by atoms with E-state index < -0.39 is 6.09 Å². The number of carbonyl (C=O) groups is 1. The van der Waals surface area contributed by atoms with E-state index in [0.717, 1.165) is 12.8 Å². The van der Waals surface area contributed by atoms with Crippen LogP contribution in [0.2, 0.25) is 0 Å². The number of amides is 1. The van der Waals surface area contributed by atoms with E-state index in [-0.39, 0.29) is 6.04 Å². The zero-order valence-electron chi connectivity index (χ0n) is 22.4. The molecule has 0 aromatic rings. The van der Waals surface area contributed by atoms with Crippen molar-refractivity contribution in [2.75, 3.05) is 7.05 Å². The minimum atomic E-state index is -0.765. The summed E-state index contributed by atoms with van der Waals surface area (Å²) in [4.78, 5) is 13.0. The molecular weight excluding hydrogens is 394 g/mol. The first-order chi connectivity index (χ1) is 15.6. The molecule has 0 aliphatic carbocycles. The van der Waals surface area contributed by atoms with Crippen LogP contribution in [0.15, 0.2) is 0 Å². The van der Waals surface area contributed by atoms with Gasteiger partial charge in [0, 0.05) is 13.1 Å². The molecule has 0 rings (SSSR count). The molecule has 1 atom stereocenters. The Bertz CT molecular complexity index is 385. The maximum Gasteiger partial charge on any atom is 0.407 e. The smallest absolute Gasteiger partial charge is 0.407 e. The summed E-state index contributed by atoms with van der Waals surface area (Å²) in [7, 11) is 1.76. The Morgan fingerprint density at radius 3 is 1.03 bits per heavy atom. The van der Waals surface area contributed by atoms with Gasteiger partial charge in [0.05, 0.1) is 0 Å². The largest absolute Gasteiger partial charge is 0.465 e. The van der Waals surface area contributed by atoms with Gasteiger partial charge in [0.2, 0.25) is 0 Å². The highest BCUT2D eigenvalue weighted by atomic mass is 16.4. The zero-order valence-corrected chi connectivity index (χ0v) is 22.4. The van der Waals surface area contributed by atoms with Crippen molar-refractivity contribution in [3.8, 4) is 0 Å². The Balaban J connectivity index is 3.61. The van der Waals surface area contributed by atoms with Gasteiger partial charge in [0.25, 0.3) is 0 Å². The minimum Gasteiger partial charge on any atom is -0.465 e. The molecule has 0 aromatic carbocycles. The van der Waals surface area contributed by atoms with Crippen LogP contribution < -0.4 is 0 Å². The van der Waals surface area contributed by atoms with E-state index in [9.17, 15) is 9.90 Å². The summed E-state index contributed by atoms with van der Waals surface area (Å²) in [5.41, 5.74) is 0. The standard InChI is InChI=1S/C29H59NO2/c1-4-6-8-10-12-13-14-15-16-17-18-19-21-23-25-27-28(30(3)29(31)32)26-24-22-20-11-9-7-5-2/h28H,4-27H2,1-3H3,(H,31,32). The molecule has 1 unspecified atom stereocenters. The van der Waals surface area contributed by atoms with Gasteiger partial charge in [-0.05, 0) is 12.8 Å². The molecule has 0 spiro atoms. The van der Waals surface area contributed by atoms with Gasteiger partial charge >= 0.3 is 6.09 Å². The van der Waals surface area contributed by atoms with Crippen LogP contribution in [0.4, 0.5) is 4.79 Å². The lowest BCUT2D eigenvalue weighted by molar-refractivity contribution is 0.131. The van der Waals surface area contributed by atoms with Crippen molar-refractivity contribution in [2.24, 2.45) is 0 Å². The fourth-order valence-corrected chi connectivity index (χ4v) is 4.78. The summed E-state index contributed by atoms with van der Waals surface area (Å²) in [6.07, 6.45) is 31.1. The summed E-state index contributed by atoms with van der Waals surface area (Å²) in [6, 6.07) is 0.213. The summed E-state index contributed by atoms with van der Waals surface area (Å²) < 4.78 is 0. The second kappa shape index (κ2) is 24.9. The quantitative estimate of drug-likeness (QED) is 0.140. The predicted molar refractivity (Wildman–Crippen MR) is 142 cm³/mol. The number of rotatable bonds is 25. The van der Waals surface area contributed by atoms with Crippen LogP contribution >= 0.6 is 0 Å². The fraction of sp³-hybridized carbons (Fsp3) is 0.966. The average Bonchev–Trinajstić information content (AvgIpc) is 2.79. The van der Waals surface area contributed by atoms with Crippen LogP contribution in [0.1, 0.15) is 168 Å². The van der Waals surface area contributed by atoms with Gasteiger partial charge in [-0.25, -0.2) is 4.79 Å². The molecule has 1 amide bonds. The molecule has 0 aliphatic rings.